The van der Waals surface area contributed by atoms with Crippen molar-refractivity contribution >= 4 is 29.1 Å². The van der Waals surface area contributed by atoms with E-state index in [0.717, 1.165) is 0 Å². The van der Waals surface area contributed by atoms with Crippen LogP contribution in [0.3, 0.4) is 0 Å². The molecule has 6 nitrogen and oxygen atoms in total. The number of hydrogen-bond acceptors (Lipinski definition) is 4. The molecular formula is C20H32ClN3O3. The van der Waals surface area contributed by atoms with E-state index in [1.54, 1.807) is 12.1 Å². The molecule has 3 atom stereocenters. The first-order valence-electron chi connectivity index (χ1n) is 9.38. The van der Waals surface area contributed by atoms with E-state index in [1.165, 1.54) is 0 Å². The summed E-state index contributed by atoms with van der Waals surface area (Å²) < 4.78 is 0. The van der Waals surface area contributed by atoms with Crippen molar-refractivity contribution in [3.8, 4) is 0 Å². The Labute approximate surface area is 167 Å². The maximum atomic E-state index is 12.8. The van der Waals surface area contributed by atoms with Gasteiger partial charge in [-0.05, 0) is 30.4 Å². The number of nitrogens with one attached hydrogen (secondary N) is 3. The van der Waals surface area contributed by atoms with Crippen molar-refractivity contribution in [3.05, 3.63) is 30.3 Å². The number of anilines is 1. The number of alkyl halides is 1. The van der Waals surface area contributed by atoms with Crippen LogP contribution in [0, 0.1) is 11.8 Å². The highest BCUT2D eigenvalue weighted by Crippen LogP contribution is 2.11. The molecule has 2 amide bonds. The number of carbonyl (C=O) groups is 2. The van der Waals surface area contributed by atoms with Gasteiger partial charge >= 0.3 is 0 Å². The molecule has 4 N–H and O–H groups in total. The van der Waals surface area contributed by atoms with Crippen molar-refractivity contribution in [2.75, 3.05) is 17.7 Å². The summed E-state index contributed by atoms with van der Waals surface area (Å²) in [5.41, 5.74) is 0.689. The highest BCUT2D eigenvalue weighted by atomic mass is 35.5. The van der Waals surface area contributed by atoms with Gasteiger partial charge in [-0.2, -0.15) is 0 Å². The average molecular weight is 404 g/mol. The summed E-state index contributed by atoms with van der Waals surface area (Å²) in [6.45, 7) is 8.04. The third-order valence-electron chi connectivity index (χ3n) is 4.08. The molecule has 0 aliphatic heterocycles. The van der Waals surface area contributed by atoms with E-state index >= 15 is 0 Å². The van der Waals surface area contributed by atoms with Crippen molar-refractivity contribution in [2.45, 2.75) is 52.3 Å². The molecule has 0 saturated heterocycles. The Balaban J connectivity index is 2.80. The largest absolute Gasteiger partial charge is 0.391 e. The summed E-state index contributed by atoms with van der Waals surface area (Å²) >= 11 is 5.61. The Bertz CT molecular complexity index is 581. The lowest BCUT2D eigenvalue weighted by atomic mass is 10.0. The highest BCUT2D eigenvalue weighted by molar-refractivity contribution is 6.18. The number of hydrogen-bond donors (Lipinski definition) is 4. The molecule has 1 unspecified atom stereocenters. The predicted octanol–water partition coefficient (Wildman–Crippen LogP) is 2.37. The second-order valence-corrected chi connectivity index (χ2v) is 7.79. The van der Waals surface area contributed by atoms with Gasteiger partial charge < -0.3 is 21.1 Å². The summed E-state index contributed by atoms with van der Waals surface area (Å²) in [7, 11) is 0. The fraction of sp³-hybridized carbons (Fsp3) is 0.600. The van der Waals surface area contributed by atoms with E-state index in [1.807, 2.05) is 45.9 Å². The Morgan fingerprint density at radius 2 is 1.70 bits per heavy atom. The van der Waals surface area contributed by atoms with Crippen LogP contribution >= 0.6 is 11.6 Å². The number of amides is 2. The molecule has 27 heavy (non-hydrogen) atoms. The van der Waals surface area contributed by atoms with E-state index in [4.69, 9.17) is 11.6 Å². The van der Waals surface area contributed by atoms with Gasteiger partial charge in [-0.1, -0.05) is 45.9 Å². The molecular weight excluding hydrogens is 372 g/mol. The SMILES string of the molecule is CC(C)C[C@H](N[13C](=O)[13C@@H]([15NH]CC(O)CCl)[13CH]([13CH3])[13CH3])C(=O)Nc1ccccc1. The predicted molar refractivity (Wildman–Crippen MR) is 110 cm³/mol. The zero-order valence-electron chi connectivity index (χ0n) is 16.5. The van der Waals surface area contributed by atoms with Gasteiger partial charge in [-0.25, -0.2) is 0 Å². The van der Waals surface area contributed by atoms with Gasteiger partial charge in [0.15, 0.2) is 0 Å². The van der Waals surface area contributed by atoms with E-state index in [9.17, 15) is 14.7 Å². The van der Waals surface area contributed by atoms with Crippen LogP contribution in [0.2, 0.25) is 0 Å². The van der Waals surface area contributed by atoms with Crippen molar-refractivity contribution < 1.29 is 14.7 Å². The van der Waals surface area contributed by atoms with Crippen LogP contribution in [0.5, 0.6) is 0 Å². The summed E-state index contributed by atoms with van der Waals surface area (Å²) in [6, 6.07) is 7.99. The molecule has 0 aromatic heterocycles. The first-order valence-corrected chi connectivity index (χ1v) is 9.91. The minimum absolute atomic E-state index is 0.00981. The van der Waals surface area contributed by atoms with Crippen LogP contribution in [-0.4, -0.2) is 47.5 Å². The number of aliphatic hydroxyl groups is 1. The third-order valence-corrected chi connectivity index (χ3v) is 4.44. The van der Waals surface area contributed by atoms with Gasteiger partial charge in [-0.15, -0.1) is 11.6 Å². The third kappa shape index (κ3) is 8.73. The van der Waals surface area contributed by atoms with Crippen LogP contribution < -0.4 is 16.0 Å². The summed E-state index contributed by atoms with van der Waals surface area (Å²) in [5.74, 6) is -0.188. The maximum Gasteiger partial charge on any atom is 0.246 e. The van der Waals surface area contributed by atoms with Gasteiger partial charge in [0.1, 0.15) is 6.04 Å². The molecule has 0 saturated carbocycles. The van der Waals surface area contributed by atoms with Crippen LogP contribution in [-0.2, 0) is 9.59 Å². The minimum Gasteiger partial charge on any atom is -0.391 e. The zero-order chi connectivity index (χ0) is 20.4. The van der Waals surface area contributed by atoms with E-state index in [-0.39, 0.29) is 36.1 Å². The summed E-state index contributed by atoms with van der Waals surface area (Å²) in [6.07, 6.45) is -0.201. The van der Waals surface area contributed by atoms with E-state index in [0.29, 0.717) is 12.1 Å². The molecule has 0 spiro atoms. The molecule has 1 rings (SSSR count). The molecule has 0 heterocycles. The quantitative estimate of drug-likeness (QED) is 0.259. The molecule has 7 heteroatoms. The molecule has 0 aliphatic rings. The Kier molecular flexibility index (Phi) is 10.4. The van der Waals surface area contributed by atoms with Crippen molar-refractivity contribution in [1.29, 1.82) is 0 Å². The molecule has 0 aliphatic carbocycles. The Hall–Kier alpha value is -1.63. The smallest absolute Gasteiger partial charge is 0.246 e. The summed E-state index contributed by atoms with van der Waals surface area (Å²) in [5, 5.41) is 18.4. The number of aliphatic hydroxyl groups excluding tert-OH is 1. The molecule has 0 fully saturated rings. The number of rotatable bonds is 11. The average Bonchev–Trinajstić information content (AvgIpc) is 2.61. The van der Waals surface area contributed by atoms with Gasteiger partial charge in [0, 0.05) is 18.1 Å². The van der Waals surface area contributed by atoms with Gasteiger partial charge in [0.05, 0.1) is 12.1 Å². The van der Waals surface area contributed by atoms with E-state index in [2.05, 4.69) is 16.0 Å². The molecule has 1 aromatic rings. The van der Waals surface area contributed by atoms with Gasteiger partial charge in [0.25, 0.3) is 0 Å². The summed E-state index contributed by atoms with van der Waals surface area (Å²) in [4.78, 5) is 25.5. The molecule has 1 aromatic carbocycles. The topological polar surface area (TPSA) is 90.5 Å². The maximum absolute atomic E-state index is 12.8. The normalized spacial score (nSPS) is 14.7. The van der Waals surface area contributed by atoms with Crippen LogP contribution in [0.25, 0.3) is 0 Å². The zero-order valence-corrected chi connectivity index (χ0v) is 17.3. The van der Waals surface area contributed by atoms with Crippen LogP contribution in [0.15, 0.2) is 30.3 Å². The fourth-order valence-corrected chi connectivity index (χ4v) is 2.77. The Morgan fingerprint density at radius 3 is 2.22 bits per heavy atom. The van der Waals surface area contributed by atoms with Crippen molar-refractivity contribution in [3.63, 3.8) is 0 Å². The lowest BCUT2D eigenvalue weighted by Crippen LogP contribution is -2.54. The lowest BCUT2D eigenvalue weighted by Gasteiger charge is -2.26. The number of benzene rings is 1. The second kappa shape index (κ2) is 12.0. The van der Waals surface area contributed by atoms with Gasteiger partial charge in [0.2, 0.25) is 11.8 Å². The minimum atomic E-state index is -0.728. The van der Waals surface area contributed by atoms with Crippen LogP contribution in [0.1, 0.15) is 34.1 Å². The van der Waals surface area contributed by atoms with Gasteiger partial charge in [-0.3, -0.25) is 9.59 Å². The van der Waals surface area contributed by atoms with E-state index < -0.39 is 18.2 Å². The van der Waals surface area contributed by atoms with Crippen molar-refractivity contribution in [2.24, 2.45) is 11.8 Å². The highest BCUT2D eigenvalue weighted by Gasteiger charge is 2.28. The standard InChI is InChI=1S/C20H32ClN3O3/c1-13(2)10-17(19(26)23-15-8-6-5-7-9-15)24-20(27)18(14(3)4)22-12-16(25)11-21/h5-9,13-14,16-18,22,25H,10-12H2,1-4H3,(H,23,26)(H,24,27)/t16?,17-,18-/m0/s1/i3+1,4+1,14+1,18+1,20+1,22+1. The monoisotopic (exact) mass is 403 g/mol. The number of carbonyl (C=O) groups excluding carboxylic acids is 2. The molecule has 0 bridgehead atoms. The first kappa shape index (κ1) is 23.4. The number of para-hydroxylation sites is 1. The van der Waals surface area contributed by atoms with Crippen LogP contribution in [0.4, 0.5) is 5.69 Å². The fourth-order valence-electron chi connectivity index (χ4n) is 2.66. The molecule has 0 radical (unpaired) electrons. The molecule has 152 valence electrons. The second-order valence-electron chi connectivity index (χ2n) is 7.48. The lowest BCUT2D eigenvalue weighted by molar-refractivity contribution is -0.129. The van der Waals surface area contributed by atoms with Crippen molar-refractivity contribution in [1.82, 2.24) is 10.6 Å². The first-order chi connectivity index (χ1) is 12.7. The number of halogens is 1. The Morgan fingerprint density at radius 1 is 1.07 bits per heavy atom.